The smallest absolute Gasteiger partial charge is 0.134 e. The molecule has 1 unspecified atom stereocenters. The van der Waals surface area contributed by atoms with Crippen LogP contribution in [0.5, 0.6) is 0 Å². The summed E-state index contributed by atoms with van der Waals surface area (Å²) in [6, 6.07) is 21.4. The van der Waals surface area contributed by atoms with Crippen LogP contribution < -0.4 is 5.32 Å². The van der Waals surface area contributed by atoms with Crippen LogP contribution in [0.3, 0.4) is 0 Å². The van der Waals surface area contributed by atoms with Gasteiger partial charge in [0.2, 0.25) is 0 Å². The van der Waals surface area contributed by atoms with Gasteiger partial charge in [-0.2, -0.15) is 0 Å². The number of rotatable bonds is 7. The molecule has 4 heteroatoms. The van der Waals surface area contributed by atoms with E-state index in [-0.39, 0.29) is 12.4 Å². The maximum Gasteiger partial charge on any atom is 0.134 e. The fraction of sp³-hybridized carbons (Fsp3) is 0.273. The number of furan rings is 1. The van der Waals surface area contributed by atoms with Gasteiger partial charge in [0.15, 0.2) is 0 Å². The van der Waals surface area contributed by atoms with Gasteiger partial charge < -0.3 is 9.73 Å². The van der Waals surface area contributed by atoms with E-state index >= 15 is 0 Å². The number of aryl methyl sites for hydroxylation is 1. The first-order chi connectivity index (χ1) is 12.2. The van der Waals surface area contributed by atoms with Crippen LogP contribution in [0, 0.1) is 6.92 Å². The van der Waals surface area contributed by atoms with E-state index in [1.54, 1.807) is 0 Å². The molecule has 2 nitrogen and oxygen atoms in total. The van der Waals surface area contributed by atoms with Crippen LogP contribution in [0.15, 0.2) is 69.6 Å². The highest BCUT2D eigenvalue weighted by Gasteiger charge is 2.11. The van der Waals surface area contributed by atoms with Gasteiger partial charge in [-0.1, -0.05) is 65.7 Å². The lowest BCUT2D eigenvalue weighted by Crippen LogP contribution is -2.20. The molecule has 1 aromatic heterocycles. The van der Waals surface area contributed by atoms with Crippen molar-refractivity contribution in [1.82, 2.24) is 5.32 Å². The Morgan fingerprint density at radius 3 is 2.50 bits per heavy atom. The molecule has 0 spiro atoms. The molecule has 1 atom stereocenters. The van der Waals surface area contributed by atoms with E-state index in [4.69, 9.17) is 4.42 Å². The number of benzene rings is 2. The van der Waals surface area contributed by atoms with Gasteiger partial charge in [0.1, 0.15) is 11.5 Å². The van der Waals surface area contributed by atoms with Gasteiger partial charge in [-0.15, -0.1) is 12.4 Å². The van der Waals surface area contributed by atoms with Crippen molar-refractivity contribution in [1.29, 1.82) is 0 Å². The molecule has 2 aromatic carbocycles. The summed E-state index contributed by atoms with van der Waals surface area (Å²) in [5.74, 6) is 1.88. The van der Waals surface area contributed by atoms with Gasteiger partial charge in [0.05, 0.1) is 6.54 Å². The number of nitrogens with one attached hydrogen (secondary N) is 1. The van der Waals surface area contributed by atoms with Gasteiger partial charge in [0.25, 0.3) is 0 Å². The van der Waals surface area contributed by atoms with E-state index in [0.717, 1.165) is 40.9 Å². The third-order valence-corrected chi connectivity index (χ3v) is 5.30. The maximum absolute atomic E-state index is 6.05. The van der Waals surface area contributed by atoms with Crippen molar-refractivity contribution in [2.45, 2.75) is 39.3 Å². The Kier molecular flexibility index (Phi) is 7.95. The fourth-order valence-corrected chi connectivity index (χ4v) is 3.26. The van der Waals surface area contributed by atoms with Crippen LogP contribution in [0.2, 0.25) is 0 Å². The number of hydrogen-bond donors (Lipinski definition) is 1. The molecule has 26 heavy (non-hydrogen) atoms. The lowest BCUT2D eigenvalue weighted by Gasteiger charge is -2.17. The summed E-state index contributed by atoms with van der Waals surface area (Å²) in [5, 5.41) is 3.64. The average molecular weight is 435 g/mol. The minimum atomic E-state index is 0. The normalized spacial score (nSPS) is 11.8. The molecule has 0 amide bonds. The largest absolute Gasteiger partial charge is 0.460 e. The lowest BCUT2D eigenvalue weighted by atomic mass is 10.0. The Labute approximate surface area is 170 Å². The first-order valence-electron chi connectivity index (χ1n) is 8.81. The Morgan fingerprint density at radius 2 is 1.81 bits per heavy atom. The molecule has 1 heterocycles. The molecular weight excluding hydrogens is 410 g/mol. The second-order valence-corrected chi connectivity index (χ2v) is 7.22. The number of hydrogen-bond acceptors (Lipinski definition) is 2. The molecule has 1 N–H and O–H groups in total. The highest BCUT2D eigenvalue weighted by atomic mass is 79.9. The van der Waals surface area contributed by atoms with E-state index in [0.29, 0.717) is 6.04 Å². The Balaban J connectivity index is 0.00000243. The predicted molar refractivity (Wildman–Crippen MR) is 115 cm³/mol. The predicted octanol–water partition coefficient (Wildman–Crippen LogP) is 7.07. The molecule has 138 valence electrons. The molecule has 0 saturated heterocycles. The van der Waals surface area contributed by atoms with Crippen molar-refractivity contribution < 1.29 is 4.42 Å². The van der Waals surface area contributed by atoms with Crippen molar-refractivity contribution in [3.63, 3.8) is 0 Å². The average Bonchev–Trinajstić information content (AvgIpc) is 3.11. The minimum absolute atomic E-state index is 0. The molecule has 0 fully saturated rings. The first kappa shape index (κ1) is 20.8. The number of halogens is 2. The monoisotopic (exact) mass is 433 g/mol. The summed E-state index contributed by atoms with van der Waals surface area (Å²) in [5.41, 5.74) is 3.65. The zero-order valence-electron chi connectivity index (χ0n) is 15.2. The van der Waals surface area contributed by atoms with Gasteiger partial charge >= 0.3 is 0 Å². The van der Waals surface area contributed by atoms with Crippen LogP contribution in [0.1, 0.15) is 42.7 Å². The highest BCUT2D eigenvalue weighted by Crippen LogP contribution is 2.27. The Hall–Kier alpha value is -1.55. The third-order valence-electron chi connectivity index (χ3n) is 4.41. The van der Waals surface area contributed by atoms with Crippen LogP contribution in [-0.2, 0) is 6.54 Å². The Morgan fingerprint density at radius 1 is 1.04 bits per heavy atom. The van der Waals surface area contributed by atoms with Crippen molar-refractivity contribution in [3.8, 4) is 11.3 Å². The van der Waals surface area contributed by atoms with Crippen LogP contribution in [0.25, 0.3) is 11.3 Å². The second kappa shape index (κ2) is 9.96. The van der Waals surface area contributed by atoms with E-state index in [2.05, 4.69) is 95.8 Å². The van der Waals surface area contributed by atoms with Crippen LogP contribution in [0.4, 0.5) is 0 Å². The topological polar surface area (TPSA) is 25.2 Å². The first-order valence-corrected chi connectivity index (χ1v) is 9.60. The van der Waals surface area contributed by atoms with Crippen LogP contribution in [-0.4, -0.2) is 0 Å². The SMILES string of the molecule is CCCC(NCc1ccc(-c2ccc(Br)c(C)c2)o1)c1ccccc1.Cl. The summed E-state index contributed by atoms with van der Waals surface area (Å²) < 4.78 is 7.17. The molecule has 0 radical (unpaired) electrons. The van der Waals surface area contributed by atoms with Gasteiger partial charge in [-0.05, 0) is 48.7 Å². The van der Waals surface area contributed by atoms with Gasteiger partial charge in [-0.25, -0.2) is 0 Å². The van der Waals surface area contributed by atoms with E-state index in [1.165, 1.54) is 11.1 Å². The highest BCUT2D eigenvalue weighted by molar-refractivity contribution is 9.10. The van der Waals surface area contributed by atoms with Crippen LogP contribution >= 0.6 is 28.3 Å². The Bertz CT molecular complexity index is 816. The molecule has 0 bridgehead atoms. The quantitative estimate of drug-likeness (QED) is 0.430. The standard InChI is InChI=1S/C22H24BrNO.ClH/c1-3-7-21(17-8-5-4-6-9-17)24-15-19-11-13-22(25-19)18-10-12-20(23)16(2)14-18;/h4-6,8-14,21,24H,3,7,15H2,1-2H3;1H. The molecule has 3 aromatic rings. The van der Waals surface area contributed by atoms with Crippen molar-refractivity contribution in [2.24, 2.45) is 0 Å². The summed E-state index contributed by atoms with van der Waals surface area (Å²) in [4.78, 5) is 0. The molecule has 3 rings (SSSR count). The zero-order valence-corrected chi connectivity index (χ0v) is 17.6. The molecule has 0 saturated carbocycles. The second-order valence-electron chi connectivity index (χ2n) is 6.36. The minimum Gasteiger partial charge on any atom is -0.460 e. The summed E-state index contributed by atoms with van der Waals surface area (Å²) in [7, 11) is 0. The van der Waals surface area contributed by atoms with Gasteiger partial charge in [-0.3, -0.25) is 0 Å². The molecular formula is C22H25BrClNO. The molecule has 0 aliphatic heterocycles. The van der Waals surface area contributed by atoms with E-state index < -0.39 is 0 Å². The van der Waals surface area contributed by atoms with Gasteiger partial charge in [0, 0.05) is 16.1 Å². The summed E-state index contributed by atoms with van der Waals surface area (Å²) in [6.07, 6.45) is 2.26. The third kappa shape index (κ3) is 5.23. The van der Waals surface area contributed by atoms with E-state index in [9.17, 15) is 0 Å². The lowest BCUT2D eigenvalue weighted by molar-refractivity contribution is 0.439. The van der Waals surface area contributed by atoms with E-state index in [1.807, 2.05) is 0 Å². The van der Waals surface area contributed by atoms with Crippen molar-refractivity contribution in [2.75, 3.05) is 0 Å². The molecule has 0 aliphatic rings. The summed E-state index contributed by atoms with van der Waals surface area (Å²) >= 11 is 3.54. The maximum atomic E-state index is 6.05. The fourth-order valence-electron chi connectivity index (χ4n) is 3.01. The zero-order chi connectivity index (χ0) is 17.6. The summed E-state index contributed by atoms with van der Waals surface area (Å²) in [6.45, 7) is 5.04. The van der Waals surface area contributed by atoms with Crippen molar-refractivity contribution in [3.05, 3.63) is 82.0 Å². The molecule has 0 aliphatic carbocycles. The van der Waals surface area contributed by atoms with Crippen molar-refractivity contribution >= 4 is 28.3 Å².